The lowest BCUT2D eigenvalue weighted by atomic mass is 9.98. The van der Waals surface area contributed by atoms with Gasteiger partial charge in [0.1, 0.15) is 11.3 Å². The van der Waals surface area contributed by atoms with Crippen LogP contribution in [0.3, 0.4) is 0 Å². The van der Waals surface area contributed by atoms with Gasteiger partial charge in [-0.2, -0.15) is 26.3 Å². The van der Waals surface area contributed by atoms with Gasteiger partial charge in [-0.1, -0.05) is 53.5 Å². The molecule has 3 nitrogen and oxygen atoms in total. The normalized spacial score (nSPS) is 13.4. The Morgan fingerprint density at radius 3 is 2.21 bits per heavy atom. The van der Waals surface area contributed by atoms with E-state index < -0.39 is 28.0 Å². The van der Waals surface area contributed by atoms with Crippen LogP contribution in [0.2, 0.25) is 10.0 Å². The zero-order valence-corrected chi connectivity index (χ0v) is 19.0. The van der Waals surface area contributed by atoms with Gasteiger partial charge in [-0.3, -0.25) is 0 Å². The minimum Gasteiger partial charge on any atom is -0.342 e. The van der Waals surface area contributed by atoms with E-state index in [1.54, 1.807) is 0 Å². The SMILES string of the molecule is O=S(c1ccc(Cc2nc3c(Cl)c(-c4ccccc4C(F)(F)F)c(Cl)cc3[nH]2)cc1)C(F)(F)F. The molecular weight excluding hydrogens is 525 g/mol. The summed E-state index contributed by atoms with van der Waals surface area (Å²) in [5.74, 6) is 0.360. The average molecular weight is 537 g/mol. The molecule has 0 saturated heterocycles. The Morgan fingerprint density at radius 2 is 1.59 bits per heavy atom. The maximum atomic E-state index is 13.5. The predicted octanol–water partition coefficient (Wildman–Crippen LogP) is 7.77. The largest absolute Gasteiger partial charge is 0.475 e. The Bertz CT molecular complexity index is 1400. The van der Waals surface area contributed by atoms with E-state index in [9.17, 15) is 30.6 Å². The number of halogens is 8. The lowest BCUT2D eigenvalue weighted by Crippen LogP contribution is -2.16. The summed E-state index contributed by atoms with van der Waals surface area (Å²) >= 11 is 12.7. The average Bonchev–Trinajstić information content (AvgIpc) is 3.15. The van der Waals surface area contributed by atoms with E-state index in [4.69, 9.17) is 23.2 Å². The number of nitrogens with one attached hydrogen (secondary N) is 1. The fraction of sp³-hybridized carbons (Fsp3) is 0.136. The van der Waals surface area contributed by atoms with Gasteiger partial charge in [0.05, 0.1) is 21.1 Å². The van der Waals surface area contributed by atoms with Gasteiger partial charge >= 0.3 is 11.7 Å². The first-order valence-corrected chi connectivity index (χ1v) is 11.4. The predicted molar refractivity (Wildman–Crippen MR) is 118 cm³/mol. The molecule has 178 valence electrons. The fourth-order valence-electron chi connectivity index (χ4n) is 3.47. The Morgan fingerprint density at radius 1 is 0.941 bits per heavy atom. The van der Waals surface area contributed by atoms with Gasteiger partial charge in [0, 0.05) is 16.9 Å². The molecule has 0 aliphatic carbocycles. The first kappa shape index (κ1) is 24.6. The lowest BCUT2D eigenvalue weighted by Gasteiger charge is -2.15. The highest BCUT2D eigenvalue weighted by Gasteiger charge is 2.38. The van der Waals surface area contributed by atoms with Crippen LogP contribution in [0.1, 0.15) is 17.0 Å². The molecule has 0 bridgehead atoms. The van der Waals surface area contributed by atoms with Crippen LogP contribution < -0.4 is 0 Å². The van der Waals surface area contributed by atoms with Crippen LogP contribution >= 0.6 is 23.2 Å². The number of rotatable bonds is 4. The van der Waals surface area contributed by atoms with Gasteiger partial charge in [-0.15, -0.1) is 0 Å². The van der Waals surface area contributed by atoms with E-state index in [1.165, 1.54) is 36.4 Å². The van der Waals surface area contributed by atoms with Gasteiger partial charge in [-0.05, 0) is 35.4 Å². The van der Waals surface area contributed by atoms with Crippen LogP contribution in [-0.4, -0.2) is 19.7 Å². The van der Waals surface area contributed by atoms with Gasteiger partial charge in [0.15, 0.2) is 10.8 Å². The second kappa shape index (κ2) is 8.90. The van der Waals surface area contributed by atoms with Crippen molar-refractivity contribution in [1.82, 2.24) is 9.97 Å². The number of hydrogen-bond acceptors (Lipinski definition) is 2. The van der Waals surface area contributed by atoms with E-state index in [2.05, 4.69) is 9.97 Å². The van der Waals surface area contributed by atoms with Crippen molar-refractivity contribution in [3.63, 3.8) is 0 Å². The van der Waals surface area contributed by atoms with E-state index >= 15 is 0 Å². The third kappa shape index (κ3) is 4.80. The van der Waals surface area contributed by atoms with E-state index in [-0.39, 0.29) is 38.0 Å². The number of H-pyrrole nitrogens is 1. The summed E-state index contributed by atoms with van der Waals surface area (Å²) in [5.41, 5.74) is -4.82. The van der Waals surface area contributed by atoms with Crippen molar-refractivity contribution in [3.05, 3.63) is 81.6 Å². The van der Waals surface area contributed by atoms with Crippen LogP contribution in [0.4, 0.5) is 26.3 Å². The molecule has 1 atom stereocenters. The van der Waals surface area contributed by atoms with Crippen molar-refractivity contribution in [2.24, 2.45) is 0 Å². The summed E-state index contributed by atoms with van der Waals surface area (Å²) in [4.78, 5) is 6.94. The zero-order valence-electron chi connectivity index (χ0n) is 16.7. The van der Waals surface area contributed by atoms with Gasteiger partial charge in [0.2, 0.25) is 0 Å². The lowest BCUT2D eigenvalue weighted by molar-refractivity contribution is -0.137. The molecular formula is C22H12Cl2F6N2OS. The molecule has 1 aromatic heterocycles. The molecule has 1 N–H and O–H groups in total. The summed E-state index contributed by atoms with van der Waals surface area (Å²) in [7, 11) is -3.14. The second-order valence-corrected chi connectivity index (χ2v) is 9.46. The van der Waals surface area contributed by atoms with Gasteiger partial charge < -0.3 is 4.98 Å². The van der Waals surface area contributed by atoms with Crippen molar-refractivity contribution in [1.29, 1.82) is 0 Å². The minimum atomic E-state index is -4.86. The number of aromatic amines is 1. The number of benzene rings is 3. The van der Waals surface area contributed by atoms with Crippen molar-refractivity contribution >= 4 is 45.0 Å². The first-order chi connectivity index (χ1) is 15.9. The molecule has 0 fully saturated rings. The Kier molecular flexibility index (Phi) is 6.43. The first-order valence-electron chi connectivity index (χ1n) is 9.47. The Hall–Kier alpha value is -2.56. The number of alkyl halides is 6. The molecule has 0 spiro atoms. The topological polar surface area (TPSA) is 45.8 Å². The van der Waals surface area contributed by atoms with Crippen molar-refractivity contribution in [2.75, 3.05) is 0 Å². The number of hydrogen-bond donors (Lipinski definition) is 1. The van der Waals surface area contributed by atoms with Crippen LogP contribution in [-0.2, 0) is 23.4 Å². The van der Waals surface area contributed by atoms with Crippen LogP contribution in [0.5, 0.6) is 0 Å². The fourth-order valence-corrected chi connectivity index (χ4v) is 4.82. The monoisotopic (exact) mass is 536 g/mol. The number of nitrogens with zero attached hydrogens (tertiary/aromatic N) is 1. The van der Waals surface area contributed by atoms with Crippen molar-refractivity contribution < 1.29 is 30.6 Å². The second-order valence-electron chi connectivity index (χ2n) is 7.21. The smallest absolute Gasteiger partial charge is 0.342 e. The van der Waals surface area contributed by atoms with Crippen LogP contribution in [0.15, 0.2) is 59.5 Å². The van der Waals surface area contributed by atoms with Gasteiger partial charge in [0.25, 0.3) is 0 Å². The number of aromatic nitrogens is 2. The van der Waals surface area contributed by atoms with Crippen LogP contribution in [0, 0.1) is 0 Å². The molecule has 12 heteroatoms. The zero-order chi connectivity index (χ0) is 24.8. The van der Waals surface area contributed by atoms with E-state index in [0.717, 1.165) is 18.2 Å². The minimum absolute atomic E-state index is 0.0108. The van der Waals surface area contributed by atoms with Gasteiger partial charge in [-0.25, -0.2) is 9.19 Å². The highest BCUT2D eigenvalue weighted by atomic mass is 35.5. The quantitative estimate of drug-likeness (QED) is 0.271. The molecule has 0 saturated carbocycles. The Balaban J connectivity index is 1.70. The standard InChI is InChI=1S/C22H12Cl2F6N2OS/c23-15-10-16-20(19(24)18(15)13-3-1-2-4-14(13)21(25,26)27)32-17(31-16)9-11-5-7-12(8-6-11)34(33)22(28,29)30/h1-8,10H,9H2,(H,31,32). The Labute approximate surface area is 201 Å². The van der Waals surface area contributed by atoms with Crippen molar-refractivity contribution in [2.45, 2.75) is 23.0 Å². The molecule has 1 unspecified atom stereocenters. The third-order valence-corrected chi connectivity index (χ3v) is 6.73. The summed E-state index contributed by atoms with van der Waals surface area (Å²) in [5, 5.41) is -0.0824. The molecule has 34 heavy (non-hydrogen) atoms. The summed E-state index contributed by atoms with van der Waals surface area (Å²) in [6.45, 7) is 0. The molecule has 0 amide bonds. The van der Waals surface area contributed by atoms with Crippen LogP contribution in [0.25, 0.3) is 22.2 Å². The number of imidazole rings is 1. The maximum absolute atomic E-state index is 13.5. The summed E-state index contributed by atoms with van der Waals surface area (Å²) in [6.07, 6.45) is -4.48. The molecule has 0 aliphatic heterocycles. The van der Waals surface area contributed by atoms with Crippen molar-refractivity contribution in [3.8, 4) is 11.1 Å². The summed E-state index contributed by atoms with van der Waals surface area (Å²) in [6, 6.07) is 11.3. The molecule has 0 aliphatic rings. The highest BCUT2D eigenvalue weighted by Crippen LogP contribution is 2.44. The molecule has 4 aromatic rings. The molecule has 4 rings (SSSR count). The summed E-state index contributed by atoms with van der Waals surface area (Å²) < 4.78 is 89.8. The molecule has 3 aromatic carbocycles. The number of fused-ring (bicyclic) bond motifs is 1. The third-order valence-electron chi connectivity index (χ3n) is 4.94. The molecule has 1 heterocycles. The maximum Gasteiger partial charge on any atom is 0.475 e. The molecule has 0 radical (unpaired) electrons. The highest BCUT2D eigenvalue weighted by molar-refractivity contribution is 7.86. The van der Waals surface area contributed by atoms with E-state index in [1.807, 2.05) is 0 Å². The van der Waals surface area contributed by atoms with E-state index in [0.29, 0.717) is 16.9 Å².